The van der Waals surface area contributed by atoms with Gasteiger partial charge in [0, 0.05) is 12.3 Å². The van der Waals surface area contributed by atoms with Crippen molar-refractivity contribution in [2.75, 3.05) is 0 Å². The maximum Gasteiger partial charge on any atom is 0.135 e. The Kier molecular flexibility index (Phi) is 7.12. The average Bonchev–Trinajstić information content (AvgIpc) is 2.05. The van der Waals surface area contributed by atoms with Crippen LogP contribution in [0.5, 0.6) is 0 Å². The lowest BCUT2D eigenvalue weighted by atomic mass is 9.96. The van der Waals surface area contributed by atoms with Gasteiger partial charge in [0.1, 0.15) is 5.78 Å². The zero-order valence-corrected chi connectivity index (χ0v) is 8.73. The highest BCUT2D eigenvalue weighted by molar-refractivity contribution is 5.80. The van der Waals surface area contributed by atoms with Crippen LogP contribution >= 0.6 is 0 Å². The van der Waals surface area contributed by atoms with Gasteiger partial charge in [-0.3, -0.25) is 4.79 Å². The lowest BCUT2D eigenvalue weighted by Gasteiger charge is -2.08. The third kappa shape index (κ3) is 5.34. The first-order valence-corrected chi connectivity index (χ1v) is 5.25. The molecule has 0 unspecified atom stereocenters. The zero-order chi connectivity index (χ0) is 9.40. The van der Waals surface area contributed by atoms with Crippen molar-refractivity contribution in [3.63, 3.8) is 0 Å². The van der Waals surface area contributed by atoms with E-state index in [1.807, 2.05) is 0 Å². The standard InChI is InChI=1S/C11H22O/c1-4-6-7-9-10(3)11(12)8-5-2/h10H,4-9H2,1-3H3/t10-/m0/s1. The summed E-state index contributed by atoms with van der Waals surface area (Å²) in [5.74, 6) is 0.755. The lowest BCUT2D eigenvalue weighted by Crippen LogP contribution is -2.09. The molecule has 0 bridgehead atoms. The van der Waals surface area contributed by atoms with Crippen molar-refractivity contribution in [1.29, 1.82) is 0 Å². The number of carbonyl (C=O) groups is 1. The highest BCUT2D eigenvalue weighted by atomic mass is 16.1. The van der Waals surface area contributed by atoms with E-state index >= 15 is 0 Å². The number of Topliss-reactive ketones (excluding diaryl/α,β-unsaturated/α-hetero) is 1. The van der Waals surface area contributed by atoms with Gasteiger partial charge in [-0.1, -0.05) is 40.0 Å². The summed E-state index contributed by atoms with van der Waals surface area (Å²) in [4.78, 5) is 11.3. The van der Waals surface area contributed by atoms with E-state index in [4.69, 9.17) is 0 Å². The Bertz CT molecular complexity index is 118. The van der Waals surface area contributed by atoms with Gasteiger partial charge in [-0.25, -0.2) is 0 Å². The van der Waals surface area contributed by atoms with Crippen LogP contribution < -0.4 is 0 Å². The summed E-state index contributed by atoms with van der Waals surface area (Å²) in [5.41, 5.74) is 0. The lowest BCUT2D eigenvalue weighted by molar-refractivity contribution is -0.122. The van der Waals surface area contributed by atoms with Gasteiger partial charge in [-0.05, 0) is 12.8 Å². The fourth-order valence-corrected chi connectivity index (χ4v) is 1.35. The van der Waals surface area contributed by atoms with Crippen molar-refractivity contribution in [2.24, 2.45) is 5.92 Å². The van der Waals surface area contributed by atoms with Crippen LogP contribution in [-0.4, -0.2) is 5.78 Å². The van der Waals surface area contributed by atoms with E-state index < -0.39 is 0 Å². The molecule has 0 saturated heterocycles. The summed E-state index contributed by atoms with van der Waals surface area (Å²) in [7, 11) is 0. The second-order valence-electron chi connectivity index (χ2n) is 3.61. The Morgan fingerprint density at radius 1 is 1.17 bits per heavy atom. The highest BCUT2D eigenvalue weighted by Gasteiger charge is 2.10. The summed E-state index contributed by atoms with van der Waals surface area (Å²) < 4.78 is 0. The van der Waals surface area contributed by atoms with Crippen LogP contribution in [0.4, 0.5) is 0 Å². The molecular formula is C11H22O. The molecule has 1 nitrogen and oxygen atoms in total. The zero-order valence-electron chi connectivity index (χ0n) is 8.73. The van der Waals surface area contributed by atoms with Gasteiger partial charge in [-0.15, -0.1) is 0 Å². The molecule has 0 heterocycles. The molecule has 72 valence electrons. The second-order valence-corrected chi connectivity index (χ2v) is 3.61. The van der Waals surface area contributed by atoms with Gasteiger partial charge in [-0.2, -0.15) is 0 Å². The van der Waals surface area contributed by atoms with Crippen molar-refractivity contribution in [1.82, 2.24) is 0 Å². The maximum absolute atomic E-state index is 11.3. The topological polar surface area (TPSA) is 17.1 Å². The smallest absolute Gasteiger partial charge is 0.135 e. The second kappa shape index (κ2) is 7.33. The maximum atomic E-state index is 11.3. The molecule has 0 radical (unpaired) electrons. The summed E-state index contributed by atoms with van der Waals surface area (Å²) in [6, 6.07) is 0. The van der Waals surface area contributed by atoms with E-state index in [0.29, 0.717) is 11.7 Å². The van der Waals surface area contributed by atoms with Crippen molar-refractivity contribution in [3.05, 3.63) is 0 Å². The number of unbranched alkanes of at least 4 members (excludes halogenated alkanes) is 2. The van der Waals surface area contributed by atoms with Crippen molar-refractivity contribution in [3.8, 4) is 0 Å². The Morgan fingerprint density at radius 2 is 1.83 bits per heavy atom. The Hall–Kier alpha value is -0.330. The molecule has 1 heteroatoms. The Labute approximate surface area is 76.6 Å². The molecular weight excluding hydrogens is 148 g/mol. The molecule has 0 aliphatic heterocycles. The van der Waals surface area contributed by atoms with Crippen LogP contribution in [-0.2, 0) is 4.79 Å². The van der Waals surface area contributed by atoms with E-state index in [9.17, 15) is 4.79 Å². The number of hydrogen-bond donors (Lipinski definition) is 0. The van der Waals surface area contributed by atoms with Crippen molar-refractivity contribution < 1.29 is 4.79 Å². The molecule has 0 aromatic heterocycles. The van der Waals surface area contributed by atoms with Crippen LogP contribution in [0.3, 0.4) is 0 Å². The normalized spacial score (nSPS) is 12.9. The molecule has 0 saturated carbocycles. The van der Waals surface area contributed by atoms with Crippen LogP contribution in [0.2, 0.25) is 0 Å². The molecule has 12 heavy (non-hydrogen) atoms. The van der Waals surface area contributed by atoms with E-state index in [2.05, 4.69) is 20.8 Å². The monoisotopic (exact) mass is 170 g/mol. The van der Waals surface area contributed by atoms with Gasteiger partial charge in [0.15, 0.2) is 0 Å². The Balaban J connectivity index is 3.42. The third-order valence-electron chi connectivity index (χ3n) is 2.29. The minimum absolute atomic E-state index is 0.302. The van der Waals surface area contributed by atoms with Crippen LogP contribution in [0.1, 0.15) is 59.3 Å². The molecule has 0 aliphatic rings. The molecule has 0 aliphatic carbocycles. The SMILES string of the molecule is CCCCC[C@H](C)C(=O)CCC. The number of carbonyl (C=O) groups excluding carboxylic acids is 1. The summed E-state index contributed by atoms with van der Waals surface area (Å²) in [5, 5.41) is 0. The van der Waals surface area contributed by atoms with Crippen LogP contribution in [0.15, 0.2) is 0 Å². The van der Waals surface area contributed by atoms with Crippen LogP contribution in [0.25, 0.3) is 0 Å². The largest absolute Gasteiger partial charge is 0.299 e. The van der Waals surface area contributed by atoms with Gasteiger partial charge in [0.2, 0.25) is 0 Å². The van der Waals surface area contributed by atoms with E-state index in [0.717, 1.165) is 19.3 Å². The predicted molar refractivity (Wildman–Crippen MR) is 53.2 cm³/mol. The Morgan fingerprint density at radius 3 is 2.33 bits per heavy atom. The third-order valence-corrected chi connectivity index (χ3v) is 2.29. The predicted octanol–water partition coefficient (Wildman–Crippen LogP) is 3.57. The summed E-state index contributed by atoms with van der Waals surface area (Å²) in [6.45, 7) is 6.32. The fourth-order valence-electron chi connectivity index (χ4n) is 1.35. The van der Waals surface area contributed by atoms with Gasteiger partial charge < -0.3 is 0 Å². The number of ketones is 1. The van der Waals surface area contributed by atoms with Gasteiger partial charge in [0.25, 0.3) is 0 Å². The molecule has 0 N–H and O–H groups in total. The van der Waals surface area contributed by atoms with Crippen molar-refractivity contribution >= 4 is 5.78 Å². The average molecular weight is 170 g/mol. The number of rotatable bonds is 7. The minimum atomic E-state index is 0.302. The van der Waals surface area contributed by atoms with E-state index in [1.54, 1.807) is 0 Å². The molecule has 0 aromatic carbocycles. The molecule has 0 spiro atoms. The molecule has 0 fully saturated rings. The molecule has 0 rings (SSSR count). The molecule has 0 amide bonds. The quantitative estimate of drug-likeness (QED) is 0.534. The molecule has 0 aromatic rings. The van der Waals surface area contributed by atoms with E-state index in [-0.39, 0.29) is 0 Å². The van der Waals surface area contributed by atoms with Crippen molar-refractivity contribution in [2.45, 2.75) is 59.3 Å². The van der Waals surface area contributed by atoms with Crippen LogP contribution in [0, 0.1) is 5.92 Å². The van der Waals surface area contributed by atoms with Gasteiger partial charge in [0.05, 0.1) is 0 Å². The first kappa shape index (κ1) is 11.7. The van der Waals surface area contributed by atoms with E-state index in [1.165, 1.54) is 19.3 Å². The first-order chi connectivity index (χ1) is 5.72. The molecule has 1 atom stereocenters. The van der Waals surface area contributed by atoms with Gasteiger partial charge >= 0.3 is 0 Å². The fraction of sp³-hybridized carbons (Fsp3) is 0.909. The summed E-state index contributed by atoms with van der Waals surface area (Å²) in [6.07, 6.45) is 6.59. The first-order valence-electron chi connectivity index (χ1n) is 5.25. The summed E-state index contributed by atoms with van der Waals surface area (Å²) >= 11 is 0. The minimum Gasteiger partial charge on any atom is -0.299 e. The number of hydrogen-bond acceptors (Lipinski definition) is 1. The highest BCUT2D eigenvalue weighted by Crippen LogP contribution is 2.12.